The van der Waals surface area contributed by atoms with Crippen LogP contribution in [-0.4, -0.2) is 44.8 Å². The highest BCUT2D eigenvalue weighted by atomic mass is 35.5. The molecule has 0 saturated carbocycles. The lowest BCUT2D eigenvalue weighted by Gasteiger charge is -2.16. The number of esters is 1. The molecule has 1 amide bonds. The van der Waals surface area contributed by atoms with E-state index in [1.807, 2.05) is 32.9 Å². The third-order valence-electron chi connectivity index (χ3n) is 4.13. The third kappa shape index (κ3) is 7.68. The maximum Gasteiger partial charge on any atom is 0.338 e. The number of carbonyl (C=O) groups excluding carboxylic acids is 2. The fraction of sp³-hybridized carbons (Fsp3) is 0.391. The average Bonchev–Trinajstić information content (AvgIpc) is 2.75. The minimum absolute atomic E-state index is 0.212. The first-order valence-electron chi connectivity index (χ1n) is 10.2. The van der Waals surface area contributed by atoms with E-state index in [0.29, 0.717) is 55.1 Å². The minimum Gasteiger partial charge on any atom is -0.490 e. The summed E-state index contributed by atoms with van der Waals surface area (Å²) in [5.74, 6) is 0.160. The fourth-order valence-corrected chi connectivity index (χ4v) is 2.90. The standard InChI is InChI=1S/C23H28ClNO6/c1-4-28-19-13-17(14-20(29-5-2)22(19)30-6-3)23(27)31-15-21(26)25-12-11-16-7-9-18(24)10-8-16/h7-10,13-14H,4-6,11-12,15H2,1-3H3,(H,25,26). The van der Waals surface area contributed by atoms with Crippen LogP contribution >= 0.6 is 11.6 Å². The molecule has 0 atom stereocenters. The highest BCUT2D eigenvalue weighted by Gasteiger charge is 2.19. The first-order valence-corrected chi connectivity index (χ1v) is 10.6. The van der Waals surface area contributed by atoms with Gasteiger partial charge in [-0.1, -0.05) is 23.7 Å². The van der Waals surface area contributed by atoms with Gasteiger partial charge in [-0.3, -0.25) is 4.79 Å². The first-order chi connectivity index (χ1) is 15.0. The Balaban J connectivity index is 1.95. The lowest BCUT2D eigenvalue weighted by Crippen LogP contribution is -2.30. The van der Waals surface area contributed by atoms with Crippen LogP contribution in [0.15, 0.2) is 36.4 Å². The van der Waals surface area contributed by atoms with E-state index < -0.39 is 5.97 Å². The number of nitrogens with one attached hydrogen (secondary N) is 1. The van der Waals surface area contributed by atoms with Crippen LogP contribution in [0.4, 0.5) is 0 Å². The van der Waals surface area contributed by atoms with Gasteiger partial charge in [0.1, 0.15) is 0 Å². The molecule has 0 aliphatic carbocycles. The molecule has 0 saturated heterocycles. The molecule has 2 aromatic carbocycles. The summed E-state index contributed by atoms with van der Waals surface area (Å²) in [6.07, 6.45) is 0.644. The second-order valence-electron chi connectivity index (χ2n) is 6.40. The van der Waals surface area contributed by atoms with Gasteiger partial charge in [0.2, 0.25) is 5.75 Å². The maximum atomic E-state index is 12.5. The van der Waals surface area contributed by atoms with Crippen molar-refractivity contribution in [2.75, 3.05) is 33.0 Å². The molecule has 0 aliphatic heterocycles. The Bertz CT molecular complexity index is 842. The maximum absolute atomic E-state index is 12.5. The summed E-state index contributed by atoms with van der Waals surface area (Å²) >= 11 is 5.86. The number of amides is 1. The van der Waals surface area contributed by atoms with Gasteiger partial charge in [0.15, 0.2) is 18.1 Å². The second kappa shape index (κ2) is 12.7. The molecule has 7 nitrogen and oxygen atoms in total. The van der Waals surface area contributed by atoms with E-state index in [-0.39, 0.29) is 18.1 Å². The molecule has 168 valence electrons. The first kappa shape index (κ1) is 24.3. The minimum atomic E-state index is -0.655. The number of halogens is 1. The molecular formula is C23H28ClNO6. The lowest BCUT2D eigenvalue weighted by atomic mass is 10.1. The Hall–Kier alpha value is -2.93. The van der Waals surface area contributed by atoms with Gasteiger partial charge >= 0.3 is 5.97 Å². The van der Waals surface area contributed by atoms with Gasteiger partial charge in [-0.25, -0.2) is 4.79 Å². The van der Waals surface area contributed by atoms with Crippen molar-refractivity contribution in [2.24, 2.45) is 0 Å². The van der Waals surface area contributed by atoms with Crippen molar-refractivity contribution >= 4 is 23.5 Å². The van der Waals surface area contributed by atoms with Crippen LogP contribution in [0.3, 0.4) is 0 Å². The van der Waals surface area contributed by atoms with E-state index in [9.17, 15) is 9.59 Å². The normalized spacial score (nSPS) is 10.3. The molecule has 0 aliphatic rings. The number of carbonyl (C=O) groups is 2. The summed E-state index contributed by atoms with van der Waals surface area (Å²) < 4.78 is 22.0. The molecule has 0 radical (unpaired) electrons. The molecular weight excluding hydrogens is 422 g/mol. The Morgan fingerprint density at radius 3 is 2.03 bits per heavy atom. The molecule has 31 heavy (non-hydrogen) atoms. The molecule has 0 unspecified atom stereocenters. The fourth-order valence-electron chi connectivity index (χ4n) is 2.77. The predicted octanol–water partition coefficient (Wildman–Crippen LogP) is 4.05. The molecule has 2 rings (SSSR count). The number of ether oxygens (including phenoxy) is 4. The van der Waals surface area contributed by atoms with Gasteiger partial charge in [-0.2, -0.15) is 0 Å². The van der Waals surface area contributed by atoms with Crippen LogP contribution < -0.4 is 19.5 Å². The monoisotopic (exact) mass is 449 g/mol. The van der Waals surface area contributed by atoms with Gasteiger partial charge in [0.05, 0.1) is 25.4 Å². The average molecular weight is 450 g/mol. The number of hydrogen-bond acceptors (Lipinski definition) is 6. The molecule has 1 N–H and O–H groups in total. The highest BCUT2D eigenvalue weighted by molar-refractivity contribution is 6.30. The zero-order chi connectivity index (χ0) is 22.6. The smallest absolute Gasteiger partial charge is 0.338 e. The summed E-state index contributed by atoms with van der Waals surface area (Å²) in [6.45, 7) is 6.73. The van der Waals surface area contributed by atoms with Crippen molar-refractivity contribution in [3.8, 4) is 17.2 Å². The quantitative estimate of drug-likeness (QED) is 0.492. The summed E-state index contributed by atoms with van der Waals surface area (Å²) in [4.78, 5) is 24.5. The van der Waals surface area contributed by atoms with E-state index in [1.165, 1.54) is 12.1 Å². The van der Waals surface area contributed by atoms with Crippen LogP contribution in [0.1, 0.15) is 36.7 Å². The Morgan fingerprint density at radius 2 is 1.48 bits per heavy atom. The van der Waals surface area contributed by atoms with E-state index in [0.717, 1.165) is 5.56 Å². The zero-order valence-electron chi connectivity index (χ0n) is 18.0. The van der Waals surface area contributed by atoms with Crippen molar-refractivity contribution in [2.45, 2.75) is 27.2 Å². The summed E-state index contributed by atoms with van der Waals surface area (Å²) in [7, 11) is 0. The highest BCUT2D eigenvalue weighted by Crippen LogP contribution is 2.39. The molecule has 0 aromatic heterocycles. The van der Waals surface area contributed by atoms with E-state index in [2.05, 4.69) is 5.32 Å². The number of benzene rings is 2. The van der Waals surface area contributed by atoms with Crippen LogP contribution in [0, 0.1) is 0 Å². The SMILES string of the molecule is CCOc1cc(C(=O)OCC(=O)NCCc2ccc(Cl)cc2)cc(OCC)c1OCC. The van der Waals surface area contributed by atoms with Crippen molar-refractivity contribution in [3.05, 3.63) is 52.5 Å². The van der Waals surface area contributed by atoms with Crippen molar-refractivity contribution in [1.82, 2.24) is 5.32 Å². The number of rotatable bonds is 12. The summed E-state index contributed by atoms with van der Waals surface area (Å²) in [5, 5.41) is 3.38. The van der Waals surface area contributed by atoms with E-state index in [4.69, 9.17) is 30.5 Å². The van der Waals surface area contributed by atoms with E-state index in [1.54, 1.807) is 12.1 Å². The van der Waals surface area contributed by atoms with Crippen molar-refractivity contribution < 1.29 is 28.5 Å². The Labute approximate surface area is 187 Å². The molecule has 8 heteroatoms. The number of hydrogen-bond donors (Lipinski definition) is 1. The van der Waals surface area contributed by atoms with Crippen molar-refractivity contribution in [3.63, 3.8) is 0 Å². The largest absolute Gasteiger partial charge is 0.490 e. The zero-order valence-corrected chi connectivity index (χ0v) is 18.8. The molecule has 0 bridgehead atoms. The van der Waals surface area contributed by atoms with Gasteiger partial charge in [-0.15, -0.1) is 0 Å². The van der Waals surface area contributed by atoms with Gasteiger partial charge in [-0.05, 0) is 57.0 Å². The molecule has 0 spiro atoms. The predicted molar refractivity (Wildman–Crippen MR) is 118 cm³/mol. The summed E-state index contributed by atoms with van der Waals surface area (Å²) in [6, 6.07) is 10.4. The van der Waals surface area contributed by atoms with Gasteiger partial charge < -0.3 is 24.3 Å². The van der Waals surface area contributed by atoms with E-state index >= 15 is 0 Å². The third-order valence-corrected chi connectivity index (χ3v) is 4.38. The van der Waals surface area contributed by atoms with Crippen LogP contribution in [0.5, 0.6) is 17.2 Å². The Morgan fingerprint density at radius 1 is 0.903 bits per heavy atom. The lowest BCUT2D eigenvalue weighted by molar-refractivity contribution is -0.124. The molecule has 2 aromatic rings. The summed E-state index contributed by atoms with van der Waals surface area (Å²) in [5.41, 5.74) is 1.26. The Kier molecular flexibility index (Phi) is 9.97. The van der Waals surface area contributed by atoms with Crippen molar-refractivity contribution in [1.29, 1.82) is 0 Å². The van der Waals surface area contributed by atoms with Crippen LogP contribution in [-0.2, 0) is 16.0 Å². The molecule has 0 fully saturated rings. The van der Waals surface area contributed by atoms with Gasteiger partial charge in [0, 0.05) is 11.6 Å². The molecule has 0 heterocycles. The second-order valence-corrected chi connectivity index (χ2v) is 6.84. The van der Waals surface area contributed by atoms with Crippen LogP contribution in [0.25, 0.3) is 0 Å². The topological polar surface area (TPSA) is 83.1 Å². The van der Waals surface area contributed by atoms with Gasteiger partial charge in [0.25, 0.3) is 5.91 Å². The van der Waals surface area contributed by atoms with Crippen LogP contribution in [0.2, 0.25) is 5.02 Å².